The van der Waals surface area contributed by atoms with Gasteiger partial charge in [0.25, 0.3) is 0 Å². The molecule has 2 aromatic rings. The van der Waals surface area contributed by atoms with E-state index in [1.54, 1.807) is 29.5 Å². The predicted octanol–water partition coefficient (Wildman–Crippen LogP) is 4.09. The Hall–Kier alpha value is -2.10. The van der Waals surface area contributed by atoms with E-state index in [0.29, 0.717) is 36.9 Å². The van der Waals surface area contributed by atoms with Crippen LogP contribution in [-0.4, -0.2) is 18.2 Å². The lowest BCUT2D eigenvalue weighted by Gasteiger charge is -2.11. The summed E-state index contributed by atoms with van der Waals surface area (Å²) in [5.74, 6) is 1.18. The highest BCUT2D eigenvalue weighted by atomic mass is 32.1. The van der Waals surface area contributed by atoms with Gasteiger partial charge < -0.3 is 14.2 Å². The van der Waals surface area contributed by atoms with Crippen molar-refractivity contribution in [3.05, 3.63) is 39.8 Å². The third-order valence-corrected chi connectivity index (χ3v) is 4.14. The molecule has 1 atom stereocenters. The first-order valence-corrected chi connectivity index (χ1v) is 8.41. The molecule has 0 bridgehead atoms. The smallest absolute Gasteiger partial charge is 0.162 e. The number of nitriles is 1. The number of rotatable bonds is 8. The minimum Gasteiger partial charge on any atom is -0.490 e. The molecule has 0 aliphatic carbocycles. The maximum atomic E-state index is 8.96. The summed E-state index contributed by atoms with van der Waals surface area (Å²) in [6, 6.07) is 7.24. The van der Waals surface area contributed by atoms with Crippen LogP contribution in [0, 0.1) is 11.3 Å². The molecule has 0 fully saturated rings. The van der Waals surface area contributed by atoms with E-state index in [4.69, 9.17) is 19.5 Å². The second-order valence-electron chi connectivity index (χ2n) is 4.77. The van der Waals surface area contributed by atoms with Crippen LogP contribution in [0.25, 0.3) is 0 Å². The average molecular weight is 332 g/mol. The number of ether oxygens (including phenoxy) is 3. The Morgan fingerprint density at radius 2 is 2.04 bits per heavy atom. The van der Waals surface area contributed by atoms with Gasteiger partial charge in [0.2, 0.25) is 0 Å². The highest BCUT2D eigenvalue weighted by Gasteiger charge is 2.12. The molecule has 2 rings (SSSR count). The molecule has 0 saturated carbocycles. The summed E-state index contributed by atoms with van der Waals surface area (Å²) in [5.41, 5.74) is 1.39. The molecular weight excluding hydrogens is 312 g/mol. The Bertz CT molecular complexity index is 679. The van der Waals surface area contributed by atoms with Gasteiger partial charge in [-0.2, -0.15) is 5.26 Å². The van der Waals surface area contributed by atoms with Crippen LogP contribution in [0.15, 0.2) is 23.6 Å². The van der Waals surface area contributed by atoms with Crippen molar-refractivity contribution >= 4 is 11.3 Å². The van der Waals surface area contributed by atoms with Crippen molar-refractivity contribution in [1.82, 2.24) is 4.98 Å². The van der Waals surface area contributed by atoms with Gasteiger partial charge >= 0.3 is 0 Å². The molecule has 0 spiro atoms. The van der Waals surface area contributed by atoms with Crippen LogP contribution in [0.2, 0.25) is 0 Å². The zero-order chi connectivity index (χ0) is 16.7. The number of hydrogen-bond donors (Lipinski definition) is 0. The number of thiazole rings is 1. The second-order valence-corrected chi connectivity index (χ2v) is 5.66. The fraction of sp³-hybridized carbons (Fsp3) is 0.412. The molecule has 5 nitrogen and oxygen atoms in total. The molecule has 23 heavy (non-hydrogen) atoms. The van der Waals surface area contributed by atoms with Crippen molar-refractivity contribution in [2.24, 2.45) is 0 Å². The van der Waals surface area contributed by atoms with E-state index in [0.717, 1.165) is 10.7 Å². The van der Waals surface area contributed by atoms with Crippen molar-refractivity contribution in [3.8, 4) is 17.6 Å². The predicted molar refractivity (Wildman–Crippen MR) is 88.8 cm³/mol. The summed E-state index contributed by atoms with van der Waals surface area (Å²) in [6.45, 7) is 7.37. The molecule has 6 heteroatoms. The van der Waals surface area contributed by atoms with Gasteiger partial charge in [-0.05, 0) is 32.9 Å². The van der Waals surface area contributed by atoms with E-state index >= 15 is 0 Å². The van der Waals surface area contributed by atoms with Crippen LogP contribution >= 0.6 is 11.3 Å². The van der Waals surface area contributed by atoms with E-state index in [9.17, 15) is 0 Å². The van der Waals surface area contributed by atoms with Crippen LogP contribution in [0.5, 0.6) is 11.5 Å². The lowest BCUT2D eigenvalue weighted by molar-refractivity contribution is 0.0760. The van der Waals surface area contributed by atoms with Crippen molar-refractivity contribution < 1.29 is 14.2 Å². The van der Waals surface area contributed by atoms with Gasteiger partial charge in [0.05, 0.1) is 23.9 Å². The normalized spacial score (nSPS) is 11.7. The van der Waals surface area contributed by atoms with Crippen LogP contribution in [0.4, 0.5) is 0 Å². The largest absolute Gasteiger partial charge is 0.490 e. The third-order valence-electron chi connectivity index (χ3n) is 3.08. The van der Waals surface area contributed by atoms with Gasteiger partial charge in [0.1, 0.15) is 17.7 Å². The van der Waals surface area contributed by atoms with Gasteiger partial charge in [-0.25, -0.2) is 4.98 Å². The van der Waals surface area contributed by atoms with Crippen molar-refractivity contribution in [2.75, 3.05) is 13.2 Å². The van der Waals surface area contributed by atoms with Crippen molar-refractivity contribution in [2.45, 2.75) is 33.5 Å². The minimum absolute atomic E-state index is 0.00681. The fourth-order valence-corrected chi connectivity index (χ4v) is 2.82. The topological polar surface area (TPSA) is 64.4 Å². The SMILES string of the molecule is CCOc1cc(C#N)ccc1OCc1csc(C(C)OCC)n1. The molecule has 1 unspecified atom stereocenters. The monoisotopic (exact) mass is 332 g/mol. The van der Waals surface area contributed by atoms with Gasteiger partial charge in [-0.1, -0.05) is 0 Å². The Morgan fingerprint density at radius 3 is 2.74 bits per heavy atom. The summed E-state index contributed by atoms with van der Waals surface area (Å²) < 4.78 is 16.9. The number of nitrogens with zero attached hydrogens (tertiary/aromatic N) is 2. The summed E-state index contributed by atoms with van der Waals surface area (Å²) >= 11 is 1.56. The maximum Gasteiger partial charge on any atom is 0.162 e. The van der Waals surface area contributed by atoms with E-state index in [2.05, 4.69) is 11.1 Å². The first kappa shape index (κ1) is 17.3. The fourth-order valence-electron chi connectivity index (χ4n) is 2.01. The Balaban J connectivity index is 2.04. The van der Waals surface area contributed by atoms with Crippen molar-refractivity contribution in [3.63, 3.8) is 0 Å². The number of benzene rings is 1. The molecule has 0 amide bonds. The molecule has 0 radical (unpaired) electrons. The third kappa shape index (κ3) is 4.68. The first-order valence-electron chi connectivity index (χ1n) is 7.53. The minimum atomic E-state index is -0.00681. The molecular formula is C17H20N2O3S. The van der Waals surface area contributed by atoms with Crippen LogP contribution in [0.1, 0.15) is 43.1 Å². The van der Waals surface area contributed by atoms with E-state index < -0.39 is 0 Å². The Labute approximate surface area is 140 Å². The van der Waals surface area contributed by atoms with Gasteiger partial charge in [-0.3, -0.25) is 0 Å². The molecule has 0 aliphatic heterocycles. The molecule has 122 valence electrons. The standard InChI is InChI=1S/C17H20N2O3S/c1-4-20-12(3)17-19-14(11-23-17)10-22-15-7-6-13(9-18)8-16(15)21-5-2/h6-8,11-12H,4-5,10H2,1-3H3. The van der Waals surface area contributed by atoms with Crippen LogP contribution in [0.3, 0.4) is 0 Å². The van der Waals surface area contributed by atoms with E-state index in [-0.39, 0.29) is 6.10 Å². The van der Waals surface area contributed by atoms with Crippen LogP contribution in [-0.2, 0) is 11.3 Å². The Morgan fingerprint density at radius 1 is 1.22 bits per heavy atom. The molecule has 1 heterocycles. The summed E-state index contributed by atoms with van der Waals surface area (Å²) in [6.07, 6.45) is -0.00681. The second kappa shape index (κ2) is 8.51. The molecule has 1 aromatic heterocycles. The lowest BCUT2D eigenvalue weighted by atomic mass is 10.2. The van der Waals surface area contributed by atoms with Gasteiger partial charge in [-0.15, -0.1) is 11.3 Å². The maximum absolute atomic E-state index is 8.96. The zero-order valence-corrected chi connectivity index (χ0v) is 14.4. The highest BCUT2D eigenvalue weighted by molar-refractivity contribution is 7.09. The van der Waals surface area contributed by atoms with E-state index in [1.807, 2.05) is 26.2 Å². The first-order chi connectivity index (χ1) is 11.2. The highest BCUT2D eigenvalue weighted by Crippen LogP contribution is 2.29. The summed E-state index contributed by atoms with van der Waals surface area (Å²) in [4.78, 5) is 4.53. The molecule has 0 N–H and O–H groups in total. The Kier molecular flexibility index (Phi) is 6.39. The van der Waals surface area contributed by atoms with Gasteiger partial charge in [0, 0.05) is 18.1 Å². The van der Waals surface area contributed by atoms with Crippen molar-refractivity contribution in [1.29, 1.82) is 5.26 Å². The quantitative estimate of drug-likeness (QED) is 0.728. The zero-order valence-electron chi connectivity index (χ0n) is 13.5. The molecule has 1 aromatic carbocycles. The number of hydrogen-bond acceptors (Lipinski definition) is 6. The summed E-state index contributed by atoms with van der Waals surface area (Å²) in [5, 5.41) is 11.9. The van der Waals surface area contributed by atoms with E-state index in [1.165, 1.54) is 0 Å². The van der Waals surface area contributed by atoms with Gasteiger partial charge in [0.15, 0.2) is 11.5 Å². The van der Waals surface area contributed by atoms with Crippen LogP contribution < -0.4 is 9.47 Å². The molecule has 0 aliphatic rings. The number of aromatic nitrogens is 1. The molecule has 0 saturated heterocycles. The average Bonchev–Trinajstić information content (AvgIpc) is 3.03. The summed E-state index contributed by atoms with van der Waals surface area (Å²) in [7, 11) is 0. The lowest BCUT2D eigenvalue weighted by Crippen LogP contribution is -2.02.